The van der Waals surface area contributed by atoms with Crippen molar-refractivity contribution >= 4 is 11.7 Å². The second-order valence-corrected chi connectivity index (χ2v) is 4.96. The third-order valence-electron chi connectivity index (χ3n) is 3.47. The highest BCUT2D eigenvalue weighted by atomic mass is 16.6. The Balaban J connectivity index is 1.56. The maximum Gasteiger partial charge on any atom is 0.277 e. The molecule has 0 spiro atoms. The highest BCUT2D eigenvalue weighted by Crippen LogP contribution is 2.22. The summed E-state index contributed by atoms with van der Waals surface area (Å²) in [5.74, 6) is 0.464. The maximum atomic E-state index is 11.6. The topological polar surface area (TPSA) is 106 Å². The molecule has 0 unspecified atom stereocenters. The van der Waals surface area contributed by atoms with Crippen molar-refractivity contribution in [1.29, 1.82) is 0 Å². The van der Waals surface area contributed by atoms with Crippen LogP contribution in [0.3, 0.4) is 0 Å². The molecule has 0 aromatic carbocycles. The minimum atomic E-state index is -0.349. The van der Waals surface area contributed by atoms with Crippen LogP contribution in [0.5, 0.6) is 0 Å². The Labute approximate surface area is 112 Å². The predicted molar refractivity (Wildman–Crippen MR) is 70.5 cm³/mol. The normalized spacial score (nSPS) is 16.4. The number of hydrogen-bond acceptors (Lipinski definition) is 6. The molecule has 1 aliphatic rings. The highest BCUT2D eigenvalue weighted by molar-refractivity contribution is 5.95. The van der Waals surface area contributed by atoms with E-state index in [1.165, 1.54) is 32.1 Å². The van der Waals surface area contributed by atoms with Crippen LogP contribution in [0, 0.1) is 5.92 Å². The van der Waals surface area contributed by atoms with Crippen LogP contribution >= 0.6 is 0 Å². The monoisotopic (exact) mass is 267 g/mol. The van der Waals surface area contributed by atoms with Crippen molar-refractivity contribution < 1.29 is 9.42 Å². The Hall–Kier alpha value is -1.63. The molecule has 19 heavy (non-hydrogen) atoms. The Kier molecular flexibility index (Phi) is 5.14. The zero-order chi connectivity index (χ0) is 13.5. The van der Waals surface area contributed by atoms with Gasteiger partial charge in [0.05, 0.1) is 0 Å². The molecule has 1 saturated carbocycles. The van der Waals surface area contributed by atoms with Crippen LogP contribution in [0.2, 0.25) is 0 Å². The van der Waals surface area contributed by atoms with E-state index in [-0.39, 0.29) is 17.4 Å². The number of nitrogens with zero attached hydrogens (tertiary/aromatic N) is 2. The molecule has 2 rings (SSSR count). The van der Waals surface area contributed by atoms with E-state index in [2.05, 4.69) is 25.6 Å². The van der Waals surface area contributed by atoms with Crippen LogP contribution in [-0.4, -0.2) is 35.9 Å². The van der Waals surface area contributed by atoms with Gasteiger partial charge in [0, 0.05) is 13.1 Å². The highest BCUT2D eigenvalue weighted by Gasteiger charge is 2.15. The number of amides is 1. The fourth-order valence-electron chi connectivity index (χ4n) is 2.40. The van der Waals surface area contributed by atoms with Gasteiger partial charge in [0.15, 0.2) is 0 Å². The molecule has 7 nitrogen and oxygen atoms in total. The first-order valence-electron chi connectivity index (χ1n) is 6.84. The average Bonchev–Trinajstić information content (AvgIpc) is 2.86. The van der Waals surface area contributed by atoms with Crippen molar-refractivity contribution in [2.24, 2.45) is 5.92 Å². The van der Waals surface area contributed by atoms with E-state index in [1.807, 2.05) is 0 Å². The molecule has 1 fully saturated rings. The van der Waals surface area contributed by atoms with E-state index < -0.39 is 0 Å². The summed E-state index contributed by atoms with van der Waals surface area (Å²) in [6.07, 6.45) is 6.71. The van der Waals surface area contributed by atoms with Crippen LogP contribution in [0.1, 0.15) is 42.6 Å². The second-order valence-electron chi connectivity index (χ2n) is 4.96. The molecular formula is C12H21N5O2. The molecule has 4 N–H and O–H groups in total. The Bertz CT molecular complexity index is 401. The zero-order valence-corrected chi connectivity index (χ0v) is 11.0. The molecule has 1 heterocycles. The summed E-state index contributed by atoms with van der Waals surface area (Å²) in [6, 6.07) is 0. The molecule has 0 bridgehead atoms. The number of carbonyl (C=O) groups excluding carboxylic acids is 1. The molecule has 0 radical (unpaired) electrons. The zero-order valence-electron chi connectivity index (χ0n) is 11.0. The molecule has 1 aliphatic carbocycles. The van der Waals surface area contributed by atoms with Crippen LogP contribution in [0.25, 0.3) is 0 Å². The summed E-state index contributed by atoms with van der Waals surface area (Å²) in [7, 11) is 0. The smallest absolute Gasteiger partial charge is 0.277 e. The van der Waals surface area contributed by atoms with Crippen molar-refractivity contribution in [3.63, 3.8) is 0 Å². The number of nitrogen functional groups attached to an aromatic ring is 1. The third kappa shape index (κ3) is 4.20. The fourth-order valence-corrected chi connectivity index (χ4v) is 2.40. The van der Waals surface area contributed by atoms with E-state index >= 15 is 0 Å². The van der Waals surface area contributed by atoms with Gasteiger partial charge in [-0.1, -0.05) is 19.3 Å². The van der Waals surface area contributed by atoms with Crippen molar-refractivity contribution in [3.8, 4) is 0 Å². The molecule has 0 aliphatic heterocycles. The number of nitrogens with two attached hydrogens (primary N) is 1. The third-order valence-corrected chi connectivity index (χ3v) is 3.47. The van der Waals surface area contributed by atoms with Crippen molar-refractivity contribution in [2.45, 2.75) is 32.1 Å². The first-order chi connectivity index (χ1) is 9.27. The van der Waals surface area contributed by atoms with Gasteiger partial charge >= 0.3 is 0 Å². The summed E-state index contributed by atoms with van der Waals surface area (Å²) in [5.41, 5.74) is 5.47. The summed E-state index contributed by atoms with van der Waals surface area (Å²) in [6.45, 7) is 2.31. The van der Waals surface area contributed by atoms with Gasteiger partial charge in [-0.2, -0.15) is 0 Å². The van der Waals surface area contributed by atoms with E-state index in [0.717, 1.165) is 19.0 Å². The number of aromatic nitrogens is 2. The van der Waals surface area contributed by atoms with Crippen LogP contribution < -0.4 is 16.4 Å². The van der Waals surface area contributed by atoms with Crippen LogP contribution in [0.4, 0.5) is 5.82 Å². The molecule has 1 amide bonds. The molecule has 7 heteroatoms. The van der Waals surface area contributed by atoms with E-state index in [0.29, 0.717) is 6.54 Å². The van der Waals surface area contributed by atoms with Gasteiger partial charge in [-0.15, -0.1) is 0 Å². The number of rotatable bonds is 6. The molecule has 106 valence electrons. The first-order valence-corrected chi connectivity index (χ1v) is 6.84. The lowest BCUT2D eigenvalue weighted by atomic mass is 9.89. The van der Waals surface area contributed by atoms with E-state index in [1.54, 1.807) is 0 Å². The maximum absolute atomic E-state index is 11.6. The lowest BCUT2D eigenvalue weighted by Gasteiger charge is -2.21. The van der Waals surface area contributed by atoms with Gasteiger partial charge in [-0.25, -0.2) is 4.63 Å². The lowest BCUT2D eigenvalue weighted by molar-refractivity contribution is 0.0944. The number of hydrogen-bond donors (Lipinski definition) is 3. The van der Waals surface area contributed by atoms with Crippen LogP contribution in [-0.2, 0) is 0 Å². The van der Waals surface area contributed by atoms with Crippen molar-refractivity contribution in [3.05, 3.63) is 5.69 Å². The van der Waals surface area contributed by atoms with E-state index in [9.17, 15) is 4.79 Å². The molecule has 0 saturated heterocycles. The molecular weight excluding hydrogens is 246 g/mol. The molecule has 1 aromatic heterocycles. The largest absolute Gasteiger partial charge is 0.379 e. The van der Waals surface area contributed by atoms with Gasteiger partial charge in [-0.3, -0.25) is 4.79 Å². The average molecular weight is 267 g/mol. The van der Waals surface area contributed by atoms with E-state index in [4.69, 9.17) is 5.73 Å². The molecule has 0 atom stereocenters. The Morgan fingerprint density at radius 3 is 2.74 bits per heavy atom. The standard InChI is InChI=1S/C12H21N5O2/c13-11-10(16-19-17-11)12(18)15-7-6-14-8-9-4-2-1-3-5-9/h9,14H,1-8H2,(H2,13,17)(H,15,18). The summed E-state index contributed by atoms with van der Waals surface area (Å²) in [5, 5.41) is 12.9. The SMILES string of the molecule is Nc1nonc1C(=O)NCCNCC1CCCCC1. The van der Waals surface area contributed by atoms with Crippen molar-refractivity contribution in [2.75, 3.05) is 25.4 Å². The van der Waals surface area contributed by atoms with Crippen molar-refractivity contribution in [1.82, 2.24) is 20.9 Å². The lowest BCUT2D eigenvalue weighted by Crippen LogP contribution is -2.34. The van der Waals surface area contributed by atoms with Gasteiger partial charge in [-0.05, 0) is 35.6 Å². The summed E-state index contributed by atoms with van der Waals surface area (Å²) < 4.78 is 4.37. The van der Waals surface area contributed by atoms with Gasteiger partial charge in [0.1, 0.15) is 0 Å². The number of anilines is 1. The first kappa shape index (κ1) is 13.8. The summed E-state index contributed by atoms with van der Waals surface area (Å²) >= 11 is 0. The second kappa shape index (κ2) is 7.08. The Morgan fingerprint density at radius 2 is 2.05 bits per heavy atom. The molecule has 1 aromatic rings. The predicted octanol–water partition coefficient (Wildman–Crippen LogP) is 0.551. The Morgan fingerprint density at radius 1 is 1.26 bits per heavy atom. The number of carbonyl (C=O) groups is 1. The minimum absolute atomic E-state index is 0.0210. The van der Waals surface area contributed by atoms with Gasteiger partial charge in [0.2, 0.25) is 11.5 Å². The minimum Gasteiger partial charge on any atom is -0.379 e. The summed E-state index contributed by atoms with van der Waals surface area (Å²) in [4.78, 5) is 11.6. The van der Waals surface area contributed by atoms with Crippen LogP contribution in [0.15, 0.2) is 4.63 Å². The van der Waals surface area contributed by atoms with Gasteiger partial charge in [0.25, 0.3) is 5.91 Å². The number of nitrogens with one attached hydrogen (secondary N) is 2. The van der Waals surface area contributed by atoms with Gasteiger partial charge < -0.3 is 16.4 Å². The quantitative estimate of drug-likeness (QED) is 0.650. The fraction of sp³-hybridized carbons (Fsp3) is 0.750.